The van der Waals surface area contributed by atoms with Crippen LogP contribution in [0.4, 0.5) is 0 Å². The number of amides is 1. The lowest BCUT2D eigenvalue weighted by molar-refractivity contribution is 0.0980. The van der Waals surface area contributed by atoms with Crippen LogP contribution in [0.5, 0.6) is 0 Å². The normalized spacial score (nSPS) is 11.2. The molecular formula is C21H20N2O4S. The molecule has 2 aromatic carbocycles. The van der Waals surface area contributed by atoms with E-state index in [-0.39, 0.29) is 10.5 Å². The maximum atomic E-state index is 12.8. The van der Waals surface area contributed by atoms with Crippen molar-refractivity contribution in [1.82, 2.24) is 9.71 Å². The third kappa shape index (κ3) is 4.62. The van der Waals surface area contributed by atoms with E-state index in [9.17, 15) is 13.2 Å². The highest BCUT2D eigenvalue weighted by Crippen LogP contribution is 2.27. The molecule has 0 spiro atoms. The molecule has 1 amide bonds. The van der Waals surface area contributed by atoms with Gasteiger partial charge in [-0.1, -0.05) is 48.5 Å². The number of hydrogen-bond acceptors (Lipinski definition) is 5. The van der Waals surface area contributed by atoms with Gasteiger partial charge in [-0.05, 0) is 30.7 Å². The molecule has 0 aliphatic heterocycles. The third-order valence-corrected chi connectivity index (χ3v) is 5.42. The van der Waals surface area contributed by atoms with Gasteiger partial charge in [-0.2, -0.15) is 0 Å². The Bertz CT molecular complexity index is 1050. The number of sulfonamides is 1. The molecule has 3 rings (SSSR count). The number of carbonyl (C=O) groups excluding carboxylic acids is 1. The van der Waals surface area contributed by atoms with Crippen LogP contribution in [-0.4, -0.2) is 25.9 Å². The van der Waals surface area contributed by atoms with Crippen LogP contribution in [0.3, 0.4) is 0 Å². The lowest BCUT2D eigenvalue weighted by Gasteiger charge is -2.12. The first kappa shape index (κ1) is 19.7. The fraction of sp³-hybridized carbons (Fsp3) is 0.143. The molecule has 0 radical (unpaired) electrons. The predicted molar refractivity (Wildman–Crippen MR) is 106 cm³/mol. The molecule has 0 bridgehead atoms. The van der Waals surface area contributed by atoms with Crippen molar-refractivity contribution in [3.8, 4) is 11.1 Å². The summed E-state index contributed by atoms with van der Waals surface area (Å²) in [6.45, 7) is 2.77. The average molecular weight is 396 g/mol. The highest BCUT2D eigenvalue weighted by molar-refractivity contribution is 7.90. The summed E-state index contributed by atoms with van der Waals surface area (Å²) < 4.78 is 33.1. The molecule has 1 heterocycles. The van der Waals surface area contributed by atoms with Crippen molar-refractivity contribution in [3.63, 3.8) is 0 Å². The smallest absolute Gasteiger partial charge is 0.266 e. The summed E-state index contributed by atoms with van der Waals surface area (Å²) in [5.41, 5.74) is 2.09. The van der Waals surface area contributed by atoms with Crippen LogP contribution in [0.15, 0.2) is 77.8 Å². The van der Waals surface area contributed by atoms with E-state index >= 15 is 0 Å². The summed E-state index contributed by atoms with van der Waals surface area (Å²) in [6.07, 6.45) is 1.34. The second-order valence-electron chi connectivity index (χ2n) is 5.97. The molecule has 0 fully saturated rings. The van der Waals surface area contributed by atoms with Crippen LogP contribution in [-0.2, 0) is 21.4 Å². The molecule has 7 heteroatoms. The molecular weight excluding hydrogens is 376 g/mol. The van der Waals surface area contributed by atoms with Gasteiger partial charge >= 0.3 is 0 Å². The van der Waals surface area contributed by atoms with Crippen LogP contribution < -0.4 is 4.72 Å². The van der Waals surface area contributed by atoms with Crippen LogP contribution >= 0.6 is 0 Å². The first-order valence-electron chi connectivity index (χ1n) is 8.75. The Labute approximate surface area is 164 Å². The van der Waals surface area contributed by atoms with E-state index < -0.39 is 15.9 Å². The molecule has 0 atom stereocenters. The van der Waals surface area contributed by atoms with Crippen LogP contribution in [0.1, 0.15) is 23.0 Å². The minimum absolute atomic E-state index is 0.0375. The first-order valence-corrected chi connectivity index (χ1v) is 10.2. The van der Waals surface area contributed by atoms with Gasteiger partial charge in [-0.25, -0.2) is 13.1 Å². The second kappa shape index (κ2) is 8.77. The number of nitrogens with one attached hydrogen (secondary N) is 1. The number of ether oxygens (including phenoxy) is 1. The minimum atomic E-state index is -4.06. The summed E-state index contributed by atoms with van der Waals surface area (Å²) in [5, 5.41) is 0. The predicted octanol–water partition coefficient (Wildman–Crippen LogP) is 3.40. The SMILES string of the molecule is CCOCc1ccc(C(=O)NS(=O)(=O)c2ccccc2-c2ccccc2)cn1. The number of benzene rings is 2. The highest BCUT2D eigenvalue weighted by Gasteiger charge is 2.22. The van der Waals surface area contributed by atoms with Crippen LogP contribution in [0, 0.1) is 0 Å². The van der Waals surface area contributed by atoms with Crippen molar-refractivity contribution >= 4 is 15.9 Å². The molecule has 0 saturated heterocycles. The van der Waals surface area contributed by atoms with E-state index in [2.05, 4.69) is 9.71 Å². The highest BCUT2D eigenvalue weighted by atomic mass is 32.2. The fourth-order valence-corrected chi connectivity index (χ4v) is 3.85. The lowest BCUT2D eigenvalue weighted by atomic mass is 10.1. The molecule has 0 unspecified atom stereocenters. The number of nitrogens with zero attached hydrogens (tertiary/aromatic N) is 1. The van der Waals surface area contributed by atoms with Crippen molar-refractivity contribution in [2.24, 2.45) is 0 Å². The Hall–Kier alpha value is -3.03. The van der Waals surface area contributed by atoms with Gasteiger partial charge in [0.2, 0.25) is 0 Å². The number of carbonyl (C=O) groups is 1. The zero-order chi connectivity index (χ0) is 20.0. The standard InChI is InChI=1S/C21H20N2O4S/c1-2-27-15-18-13-12-17(14-22-18)21(24)23-28(25,26)20-11-7-6-10-19(20)16-8-4-3-5-9-16/h3-14H,2,15H2,1H3,(H,23,24). The Morgan fingerprint density at radius 2 is 1.71 bits per heavy atom. The summed E-state index contributed by atoms with van der Waals surface area (Å²) >= 11 is 0. The van der Waals surface area contributed by atoms with Crippen LogP contribution in [0.2, 0.25) is 0 Å². The van der Waals surface area contributed by atoms with Crippen LogP contribution in [0.25, 0.3) is 11.1 Å². The van der Waals surface area contributed by atoms with Gasteiger partial charge in [-0.3, -0.25) is 9.78 Å². The Kier molecular flexibility index (Phi) is 6.18. The summed E-state index contributed by atoms with van der Waals surface area (Å²) in [7, 11) is -4.06. The zero-order valence-electron chi connectivity index (χ0n) is 15.3. The molecule has 0 aliphatic rings. The van der Waals surface area contributed by atoms with Crippen molar-refractivity contribution in [2.75, 3.05) is 6.61 Å². The van der Waals surface area contributed by atoms with E-state index in [0.29, 0.717) is 24.5 Å². The molecule has 28 heavy (non-hydrogen) atoms. The summed E-state index contributed by atoms with van der Waals surface area (Å²) in [4.78, 5) is 16.6. The van der Waals surface area contributed by atoms with Gasteiger partial charge in [0.25, 0.3) is 15.9 Å². The second-order valence-corrected chi connectivity index (χ2v) is 7.62. The maximum absolute atomic E-state index is 12.8. The summed E-state index contributed by atoms with van der Waals surface area (Å²) in [5.74, 6) is -0.738. The van der Waals surface area contributed by atoms with Gasteiger partial charge < -0.3 is 4.74 Å². The largest absolute Gasteiger partial charge is 0.375 e. The summed E-state index contributed by atoms with van der Waals surface area (Å²) in [6, 6.07) is 18.8. The molecule has 3 aromatic rings. The molecule has 6 nitrogen and oxygen atoms in total. The topological polar surface area (TPSA) is 85.4 Å². The van der Waals surface area contributed by atoms with Gasteiger partial charge in [0.05, 0.1) is 22.8 Å². The molecule has 0 saturated carbocycles. The first-order chi connectivity index (χ1) is 13.5. The number of pyridine rings is 1. The van der Waals surface area contributed by atoms with E-state index in [4.69, 9.17) is 4.74 Å². The molecule has 1 N–H and O–H groups in total. The molecule has 0 aliphatic carbocycles. The quantitative estimate of drug-likeness (QED) is 0.662. The van der Waals surface area contributed by atoms with Gasteiger partial charge in [0.1, 0.15) is 0 Å². The Morgan fingerprint density at radius 3 is 2.39 bits per heavy atom. The van der Waals surface area contributed by atoms with Crippen molar-refractivity contribution in [2.45, 2.75) is 18.4 Å². The van der Waals surface area contributed by atoms with E-state index in [0.717, 1.165) is 5.56 Å². The zero-order valence-corrected chi connectivity index (χ0v) is 16.1. The fourth-order valence-electron chi connectivity index (χ4n) is 2.64. The minimum Gasteiger partial charge on any atom is -0.375 e. The van der Waals surface area contributed by atoms with E-state index in [1.807, 2.05) is 37.3 Å². The van der Waals surface area contributed by atoms with E-state index in [1.54, 1.807) is 24.3 Å². The average Bonchev–Trinajstić information content (AvgIpc) is 2.73. The molecule has 1 aromatic heterocycles. The lowest BCUT2D eigenvalue weighted by Crippen LogP contribution is -2.31. The van der Waals surface area contributed by atoms with Gasteiger partial charge in [0.15, 0.2) is 0 Å². The number of rotatable bonds is 7. The monoisotopic (exact) mass is 396 g/mol. The van der Waals surface area contributed by atoms with Gasteiger partial charge in [0, 0.05) is 18.4 Å². The Morgan fingerprint density at radius 1 is 1.00 bits per heavy atom. The Balaban J connectivity index is 1.84. The third-order valence-electron chi connectivity index (χ3n) is 4.03. The van der Waals surface area contributed by atoms with Crippen molar-refractivity contribution in [1.29, 1.82) is 0 Å². The van der Waals surface area contributed by atoms with Crippen molar-refractivity contribution < 1.29 is 17.9 Å². The molecule has 144 valence electrons. The number of hydrogen-bond donors (Lipinski definition) is 1. The van der Waals surface area contributed by atoms with Crippen molar-refractivity contribution in [3.05, 3.63) is 84.2 Å². The number of aromatic nitrogens is 1. The van der Waals surface area contributed by atoms with Gasteiger partial charge in [-0.15, -0.1) is 0 Å². The maximum Gasteiger partial charge on any atom is 0.266 e. The van der Waals surface area contributed by atoms with E-state index in [1.165, 1.54) is 18.3 Å².